The zero-order valence-electron chi connectivity index (χ0n) is 10.3. The Balaban J connectivity index is 2.57. The topological polar surface area (TPSA) is 63.6 Å². The molecule has 1 atom stereocenters. The van der Waals surface area contributed by atoms with Crippen molar-refractivity contribution in [3.8, 4) is 0 Å². The predicted molar refractivity (Wildman–Crippen MR) is 68.4 cm³/mol. The summed E-state index contributed by atoms with van der Waals surface area (Å²) in [4.78, 5) is 11.9. The molecule has 5 heteroatoms. The summed E-state index contributed by atoms with van der Waals surface area (Å²) in [6.45, 7) is 2.28. The van der Waals surface area contributed by atoms with E-state index in [2.05, 4.69) is 0 Å². The molecule has 4 nitrogen and oxygen atoms in total. The molecule has 18 heavy (non-hydrogen) atoms. The van der Waals surface area contributed by atoms with Gasteiger partial charge in [-0.3, -0.25) is 0 Å². The van der Waals surface area contributed by atoms with Crippen LogP contribution in [-0.2, 0) is 6.42 Å². The molecule has 0 aliphatic rings. The number of carboxylic acid groups (broad SMARTS) is 1. The molecular weight excluding hydrogens is 254 g/mol. The molecule has 0 bridgehead atoms. The van der Waals surface area contributed by atoms with Gasteiger partial charge in [-0.25, -0.2) is 0 Å². The van der Waals surface area contributed by atoms with E-state index in [4.69, 9.17) is 11.6 Å². The Bertz CT molecular complexity index is 398. The highest BCUT2D eigenvalue weighted by molar-refractivity contribution is 6.31. The highest BCUT2D eigenvalue weighted by Gasteiger charge is 2.13. The van der Waals surface area contributed by atoms with Crippen molar-refractivity contribution in [1.82, 2.24) is 4.90 Å². The minimum absolute atomic E-state index is 0.0431. The Labute approximate surface area is 112 Å². The molecule has 0 unspecified atom stereocenters. The molecule has 0 saturated heterocycles. The predicted octanol–water partition coefficient (Wildman–Crippen LogP) is 1.30. The lowest BCUT2D eigenvalue weighted by Crippen LogP contribution is -2.45. The number of carbonyl (C=O) groups excluding carboxylic acids is 1. The van der Waals surface area contributed by atoms with Gasteiger partial charge in [0.15, 0.2) is 0 Å². The first-order valence-electron chi connectivity index (χ1n) is 5.92. The molecular formula is C13H17ClNO3-. The maximum absolute atomic E-state index is 10.8. The van der Waals surface area contributed by atoms with Crippen LogP contribution >= 0.6 is 11.6 Å². The van der Waals surface area contributed by atoms with E-state index in [1.807, 2.05) is 25.1 Å². The quantitative estimate of drug-likeness (QED) is 0.847. The monoisotopic (exact) mass is 270 g/mol. The molecule has 0 fully saturated rings. The highest BCUT2D eigenvalue weighted by atomic mass is 35.5. The number of rotatable bonds is 6. The van der Waals surface area contributed by atoms with Crippen molar-refractivity contribution in [2.45, 2.75) is 25.9 Å². The molecule has 0 radical (unpaired) electrons. The summed E-state index contributed by atoms with van der Waals surface area (Å²) in [6.07, 6.45) is -1.02. The van der Waals surface area contributed by atoms with Crippen molar-refractivity contribution in [1.29, 1.82) is 0 Å². The third kappa shape index (κ3) is 4.55. The summed E-state index contributed by atoms with van der Waals surface area (Å²) in [5, 5.41) is 21.3. The van der Waals surface area contributed by atoms with Gasteiger partial charge >= 0.3 is 0 Å². The number of amides is 1. The number of hydrogen-bond acceptors (Lipinski definition) is 3. The molecule has 0 spiro atoms. The SMILES string of the molecule is CCCN(C[C@H](O)Cc1ccccc1Cl)C(=O)[O-]. The number of benzene rings is 1. The molecule has 0 saturated carbocycles. The summed E-state index contributed by atoms with van der Waals surface area (Å²) in [7, 11) is 0. The van der Waals surface area contributed by atoms with Crippen molar-refractivity contribution in [2.75, 3.05) is 13.1 Å². The van der Waals surface area contributed by atoms with Crippen molar-refractivity contribution < 1.29 is 15.0 Å². The largest absolute Gasteiger partial charge is 0.530 e. The van der Waals surface area contributed by atoms with Gasteiger partial charge in [-0.15, -0.1) is 0 Å². The molecule has 1 aromatic carbocycles. The van der Waals surface area contributed by atoms with Crippen LogP contribution in [0, 0.1) is 0 Å². The second kappa shape index (κ2) is 7.24. The first-order valence-corrected chi connectivity index (χ1v) is 6.29. The fourth-order valence-corrected chi connectivity index (χ4v) is 1.98. The van der Waals surface area contributed by atoms with E-state index in [-0.39, 0.29) is 6.54 Å². The third-order valence-electron chi connectivity index (χ3n) is 2.60. The Morgan fingerprint density at radius 3 is 2.72 bits per heavy atom. The van der Waals surface area contributed by atoms with E-state index in [1.54, 1.807) is 6.07 Å². The molecule has 1 rings (SSSR count). The lowest BCUT2D eigenvalue weighted by atomic mass is 10.1. The number of halogens is 1. The second-order valence-corrected chi connectivity index (χ2v) is 4.57. The second-order valence-electron chi connectivity index (χ2n) is 4.16. The summed E-state index contributed by atoms with van der Waals surface area (Å²) >= 11 is 5.98. The summed E-state index contributed by atoms with van der Waals surface area (Å²) in [5.74, 6) is 0. The summed E-state index contributed by atoms with van der Waals surface area (Å²) in [5.41, 5.74) is 0.807. The number of nitrogens with zero attached hydrogens (tertiary/aromatic N) is 1. The van der Waals surface area contributed by atoms with Gasteiger partial charge in [-0.1, -0.05) is 36.7 Å². The van der Waals surface area contributed by atoms with Gasteiger partial charge in [0.1, 0.15) is 6.09 Å². The average Bonchev–Trinajstić information content (AvgIpc) is 2.31. The smallest absolute Gasteiger partial charge is 0.137 e. The minimum Gasteiger partial charge on any atom is -0.530 e. The van der Waals surface area contributed by atoms with E-state index in [1.165, 1.54) is 0 Å². The summed E-state index contributed by atoms with van der Waals surface area (Å²) in [6, 6.07) is 7.19. The van der Waals surface area contributed by atoms with Crippen LogP contribution in [0.3, 0.4) is 0 Å². The van der Waals surface area contributed by atoms with Crippen LogP contribution in [0.25, 0.3) is 0 Å². The minimum atomic E-state index is -1.25. The third-order valence-corrected chi connectivity index (χ3v) is 2.96. The number of hydrogen-bond donors (Lipinski definition) is 1. The van der Waals surface area contributed by atoms with Crippen LogP contribution in [0.4, 0.5) is 4.79 Å². The van der Waals surface area contributed by atoms with Crippen LogP contribution in [0.15, 0.2) is 24.3 Å². The first kappa shape index (κ1) is 14.8. The molecule has 0 aromatic heterocycles. The van der Waals surface area contributed by atoms with Gasteiger partial charge < -0.3 is 19.9 Å². The maximum atomic E-state index is 10.8. The van der Waals surface area contributed by atoms with Gasteiger partial charge in [0, 0.05) is 24.5 Å². The Morgan fingerprint density at radius 2 is 2.17 bits per heavy atom. The van der Waals surface area contributed by atoms with Gasteiger partial charge in [-0.05, 0) is 18.1 Å². The lowest BCUT2D eigenvalue weighted by Gasteiger charge is -2.27. The van der Waals surface area contributed by atoms with Crippen LogP contribution < -0.4 is 5.11 Å². The van der Waals surface area contributed by atoms with Gasteiger partial charge in [0.25, 0.3) is 0 Å². The lowest BCUT2D eigenvalue weighted by molar-refractivity contribution is -0.266. The molecule has 100 valence electrons. The number of aliphatic hydroxyl groups excluding tert-OH is 1. The number of carbonyl (C=O) groups is 1. The van der Waals surface area contributed by atoms with Crippen LogP contribution in [-0.4, -0.2) is 35.3 Å². The Kier molecular flexibility index (Phi) is 5.95. The van der Waals surface area contributed by atoms with Crippen molar-refractivity contribution in [3.05, 3.63) is 34.9 Å². The molecule has 0 heterocycles. The van der Waals surface area contributed by atoms with Crippen LogP contribution in [0.5, 0.6) is 0 Å². The van der Waals surface area contributed by atoms with Crippen LogP contribution in [0.1, 0.15) is 18.9 Å². The fraction of sp³-hybridized carbons (Fsp3) is 0.462. The highest BCUT2D eigenvalue weighted by Crippen LogP contribution is 2.16. The maximum Gasteiger partial charge on any atom is 0.137 e. The van der Waals surface area contributed by atoms with Crippen molar-refractivity contribution in [3.63, 3.8) is 0 Å². The molecule has 0 aliphatic carbocycles. The summed E-state index contributed by atoms with van der Waals surface area (Å²) < 4.78 is 0. The van der Waals surface area contributed by atoms with E-state index in [0.29, 0.717) is 24.4 Å². The zero-order valence-corrected chi connectivity index (χ0v) is 11.1. The Hall–Kier alpha value is -1.26. The molecule has 0 aliphatic heterocycles. The van der Waals surface area contributed by atoms with E-state index < -0.39 is 12.2 Å². The van der Waals surface area contributed by atoms with E-state index in [0.717, 1.165) is 10.5 Å². The molecule has 1 aromatic rings. The fourth-order valence-electron chi connectivity index (χ4n) is 1.76. The number of aliphatic hydroxyl groups is 1. The van der Waals surface area contributed by atoms with E-state index >= 15 is 0 Å². The first-order chi connectivity index (χ1) is 8.54. The van der Waals surface area contributed by atoms with E-state index in [9.17, 15) is 15.0 Å². The van der Waals surface area contributed by atoms with Crippen LogP contribution in [0.2, 0.25) is 5.02 Å². The van der Waals surface area contributed by atoms with Crippen molar-refractivity contribution >= 4 is 17.7 Å². The van der Waals surface area contributed by atoms with Gasteiger partial charge in [0.2, 0.25) is 0 Å². The average molecular weight is 271 g/mol. The normalized spacial score (nSPS) is 12.2. The molecule has 1 N–H and O–H groups in total. The van der Waals surface area contributed by atoms with Gasteiger partial charge in [-0.2, -0.15) is 0 Å². The van der Waals surface area contributed by atoms with Gasteiger partial charge in [0.05, 0.1) is 6.10 Å². The molecule has 1 amide bonds. The standard InChI is InChI=1S/C13H18ClNO3/c1-2-7-15(13(17)18)9-11(16)8-10-5-3-4-6-12(10)14/h3-6,11,16H,2,7-9H2,1H3,(H,17,18)/p-1/t11-/m1/s1. The van der Waals surface area contributed by atoms with Crippen molar-refractivity contribution in [2.24, 2.45) is 0 Å². The zero-order chi connectivity index (χ0) is 13.5. The Morgan fingerprint density at radius 1 is 1.50 bits per heavy atom.